The number of phenols is 2. The second kappa shape index (κ2) is 10.6. The van der Waals surface area contributed by atoms with Gasteiger partial charge in [-0.15, -0.1) is 0 Å². The number of ether oxygens (including phenoxy) is 1. The minimum absolute atomic E-state index is 0.0336. The molecule has 186 valence electrons. The molecule has 1 aliphatic heterocycles. The van der Waals surface area contributed by atoms with E-state index in [2.05, 4.69) is 29.2 Å². The summed E-state index contributed by atoms with van der Waals surface area (Å²) in [6.07, 6.45) is 1.71. The van der Waals surface area contributed by atoms with Crippen LogP contribution in [-0.2, 0) is 0 Å². The molecule has 1 aliphatic rings. The third kappa shape index (κ3) is 5.55. The van der Waals surface area contributed by atoms with Gasteiger partial charge < -0.3 is 29.7 Å². The molecule has 0 spiro atoms. The molecule has 1 saturated heterocycles. The molecule has 2 aromatic carbocycles. The summed E-state index contributed by atoms with van der Waals surface area (Å²) in [5.74, 6) is 0.569. The predicted molar refractivity (Wildman–Crippen MR) is 134 cm³/mol. The normalized spacial score (nSPS) is 14.9. The molecule has 35 heavy (non-hydrogen) atoms. The molecule has 0 atom stereocenters. The number of methoxy groups -OCH3 is 1. The Morgan fingerprint density at radius 2 is 1.89 bits per heavy atom. The third-order valence-electron chi connectivity index (χ3n) is 6.14. The Labute approximate surface area is 209 Å². The van der Waals surface area contributed by atoms with Crippen molar-refractivity contribution < 1.29 is 24.3 Å². The number of aromatic nitrogens is 1. The molecule has 0 unspecified atom stereocenters. The Balaban J connectivity index is 1.66. The number of carbonyl (C=O) groups is 1. The van der Waals surface area contributed by atoms with Crippen LogP contribution in [0.4, 0.5) is 0 Å². The van der Waals surface area contributed by atoms with E-state index in [-0.39, 0.29) is 45.5 Å². The first-order chi connectivity index (χ1) is 16.8. The van der Waals surface area contributed by atoms with Crippen LogP contribution in [0.2, 0.25) is 5.02 Å². The van der Waals surface area contributed by atoms with Crippen LogP contribution in [0.15, 0.2) is 40.9 Å². The molecule has 0 aliphatic carbocycles. The highest BCUT2D eigenvalue weighted by Gasteiger charge is 2.29. The molecule has 3 N–H and O–H groups in total. The van der Waals surface area contributed by atoms with Gasteiger partial charge in [-0.3, -0.25) is 4.79 Å². The minimum atomic E-state index is -0.350. The fourth-order valence-electron chi connectivity index (χ4n) is 4.42. The quantitative estimate of drug-likeness (QED) is 0.423. The predicted octanol–water partition coefficient (Wildman–Crippen LogP) is 4.93. The molecule has 0 radical (unpaired) electrons. The molecule has 4 rings (SSSR count). The first-order valence-electron chi connectivity index (χ1n) is 11.7. The Morgan fingerprint density at radius 3 is 2.51 bits per heavy atom. The first kappa shape index (κ1) is 24.9. The summed E-state index contributed by atoms with van der Waals surface area (Å²) < 4.78 is 10.8. The number of rotatable bonds is 7. The van der Waals surface area contributed by atoms with Gasteiger partial charge in [0, 0.05) is 31.7 Å². The van der Waals surface area contributed by atoms with Crippen LogP contribution < -0.4 is 10.1 Å². The molecule has 1 fully saturated rings. The van der Waals surface area contributed by atoms with Gasteiger partial charge in [-0.2, -0.15) is 0 Å². The largest absolute Gasteiger partial charge is 0.507 e. The van der Waals surface area contributed by atoms with Gasteiger partial charge in [0.25, 0.3) is 5.91 Å². The lowest BCUT2D eigenvalue weighted by atomic mass is 9.97. The average Bonchev–Trinajstić information content (AvgIpc) is 3.27. The Hall–Kier alpha value is -3.23. The van der Waals surface area contributed by atoms with Crippen LogP contribution in [0.3, 0.4) is 0 Å². The zero-order chi connectivity index (χ0) is 25.1. The number of benzene rings is 2. The van der Waals surface area contributed by atoms with Crippen molar-refractivity contribution in [3.63, 3.8) is 0 Å². The van der Waals surface area contributed by atoms with E-state index >= 15 is 0 Å². The number of hydrogen-bond acceptors (Lipinski definition) is 7. The summed E-state index contributed by atoms with van der Waals surface area (Å²) in [6, 6.07) is 9.65. The zero-order valence-corrected chi connectivity index (χ0v) is 20.8. The highest BCUT2D eigenvalue weighted by molar-refractivity contribution is 6.32. The fourth-order valence-corrected chi connectivity index (χ4v) is 4.58. The van der Waals surface area contributed by atoms with Crippen LogP contribution in [0.25, 0.3) is 22.5 Å². The van der Waals surface area contributed by atoms with Crippen LogP contribution in [0, 0.1) is 5.92 Å². The topological polar surface area (TPSA) is 108 Å². The fraction of sp³-hybridized carbons (Fsp3) is 0.385. The Bertz CT molecular complexity index is 1180. The summed E-state index contributed by atoms with van der Waals surface area (Å²) in [5.41, 5.74) is 1.40. The maximum atomic E-state index is 13.3. The van der Waals surface area contributed by atoms with Gasteiger partial charge in [0.2, 0.25) is 0 Å². The van der Waals surface area contributed by atoms with Crippen molar-refractivity contribution >= 4 is 17.5 Å². The van der Waals surface area contributed by atoms with Crippen molar-refractivity contribution in [1.82, 2.24) is 15.4 Å². The summed E-state index contributed by atoms with van der Waals surface area (Å²) in [6.45, 7) is 7.32. The molecule has 3 aromatic rings. The van der Waals surface area contributed by atoms with E-state index in [1.807, 2.05) is 0 Å². The van der Waals surface area contributed by atoms with Gasteiger partial charge in [0.05, 0.1) is 23.3 Å². The van der Waals surface area contributed by atoms with Crippen molar-refractivity contribution in [3.05, 3.63) is 47.1 Å². The Kier molecular flexibility index (Phi) is 7.52. The number of nitrogens with one attached hydrogen (secondary N) is 1. The maximum Gasteiger partial charge on any atom is 0.274 e. The second-order valence-corrected chi connectivity index (χ2v) is 9.63. The number of amides is 1. The van der Waals surface area contributed by atoms with E-state index in [1.165, 1.54) is 6.07 Å². The molecule has 2 heterocycles. The van der Waals surface area contributed by atoms with E-state index in [0.29, 0.717) is 22.8 Å². The molecule has 0 saturated carbocycles. The molecule has 9 heteroatoms. The number of halogens is 1. The first-order valence-corrected chi connectivity index (χ1v) is 12.0. The zero-order valence-electron chi connectivity index (χ0n) is 20.0. The standard InChI is InChI=1S/C26H30ClN3O5/c1-15(2)14-30-10-8-17(9-11-30)28-26(33)24-23(16-4-6-18(34-3)7-5-16)25(35-29-24)19-12-20(27)22(32)13-21(19)31/h4-7,12-13,15,17,31-32H,8-11,14H2,1-3H3,(H,28,33). The van der Waals surface area contributed by atoms with Gasteiger partial charge in [-0.1, -0.05) is 42.7 Å². The number of phenolic OH excluding ortho intramolecular Hbond substituents is 2. The number of nitrogens with zero attached hydrogens (tertiary/aromatic N) is 2. The van der Waals surface area contributed by atoms with Gasteiger partial charge in [-0.25, -0.2) is 0 Å². The van der Waals surface area contributed by atoms with E-state index in [4.69, 9.17) is 20.9 Å². The van der Waals surface area contributed by atoms with E-state index in [0.717, 1.165) is 38.5 Å². The van der Waals surface area contributed by atoms with Crippen LogP contribution in [0.1, 0.15) is 37.2 Å². The van der Waals surface area contributed by atoms with Crippen molar-refractivity contribution in [2.75, 3.05) is 26.7 Å². The monoisotopic (exact) mass is 499 g/mol. The van der Waals surface area contributed by atoms with Crippen LogP contribution in [0.5, 0.6) is 17.2 Å². The summed E-state index contributed by atoms with van der Waals surface area (Å²) in [7, 11) is 1.57. The van der Waals surface area contributed by atoms with E-state index in [1.54, 1.807) is 31.4 Å². The van der Waals surface area contributed by atoms with Crippen molar-refractivity contribution in [1.29, 1.82) is 0 Å². The molecule has 1 amide bonds. The number of hydrogen-bond donors (Lipinski definition) is 3. The van der Waals surface area contributed by atoms with Crippen LogP contribution in [-0.4, -0.2) is 59.0 Å². The third-order valence-corrected chi connectivity index (χ3v) is 6.44. The smallest absolute Gasteiger partial charge is 0.274 e. The number of piperidine rings is 1. The molecule has 0 bridgehead atoms. The SMILES string of the molecule is COc1ccc(-c2c(C(=O)NC3CCN(CC(C)C)CC3)noc2-c2cc(Cl)c(O)cc2O)cc1. The van der Waals surface area contributed by atoms with E-state index in [9.17, 15) is 15.0 Å². The Morgan fingerprint density at radius 1 is 1.20 bits per heavy atom. The summed E-state index contributed by atoms with van der Waals surface area (Å²) in [4.78, 5) is 15.8. The van der Waals surface area contributed by atoms with Crippen molar-refractivity contribution in [2.24, 2.45) is 5.92 Å². The minimum Gasteiger partial charge on any atom is -0.507 e. The molecular weight excluding hydrogens is 470 g/mol. The lowest BCUT2D eigenvalue weighted by Gasteiger charge is -2.33. The summed E-state index contributed by atoms with van der Waals surface area (Å²) >= 11 is 6.09. The van der Waals surface area contributed by atoms with Gasteiger partial charge >= 0.3 is 0 Å². The highest BCUT2D eigenvalue weighted by Crippen LogP contribution is 2.43. The molecule has 8 nitrogen and oxygen atoms in total. The maximum absolute atomic E-state index is 13.3. The second-order valence-electron chi connectivity index (χ2n) is 9.23. The summed E-state index contributed by atoms with van der Waals surface area (Å²) in [5, 5.41) is 27.5. The molecule has 1 aromatic heterocycles. The lowest BCUT2D eigenvalue weighted by Crippen LogP contribution is -2.45. The van der Waals surface area contributed by atoms with Crippen molar-refractivity contribution in [2.45, 2.75) is 32.7 Å². The number of aromatic hydroxyl groups is 2. The molecular formula is C26H30ClN3O5. The number of carbonyl (C=O) groups excluding carboxylic acids is 1. The highest BCUT2D eigenvalue weighted by atomic mass is 35.5. The average molecular weight is 500 g/mol. The van der Waals surface area contributed by atoms with E-state index < -0.39 is 0 Å². The van der Waals surface area contributed by atoms with Crippen molar-refractivity contribution in [3.8, 4) is 39.7 Å². The lowest BCUT2D eigenvalue weighted by molar-refractivity contribution is 0.0899. The van der Waals surface area contributed by atoms with Gasteiger partial charge in [-0.05, 0) is 42.5 Å². The number of likely N-dealkylation sites (tertiary alicyclic amines) is 1. The van der Waals surface area contributed by atoms with Gasteiger partial charge in [0.15, 0.2) is 11.5 Å². The van der Waals surface area contributed by atoms with Crippen LogP contribution >= 0.6 is 11.6 Å². The van der Waals surface area contributed by atoms with Gasteiger partial charge in [0.1, 0.15) is 17.2 Å².